The second-order valence-corrected chi connectivity index (χ2v) is 4.39. The van der Waals surface area contributed by atoms with Crippen molar-refractivity contribution in [2.75, 3.05) is 12.8 Å². The number of carbonyl (C=O) groups excluding carboxylic acids is 1. The van der Waals surface area contributed by atoms with Gasteiger partial charge >= 0.3 is 5.97 Å². The van der Waals surface area contributed by atoms with Crippen LogP contribution in [0.15, 0.2) is 30.3 Å². The first-order valence-electron chi connectivity index (χ1n) is 6.11. The van der Waals surface area contributed by atoms with E-state index in [1.807, 2.05) is 13.0 Å². The number of pyridine rings is 1. The second-order valence-electron chi connectivity index (χ2n) is 4.39. The van der Waals surface area contributed by atoms with E-state index in [9.17, 15) is 4.79 Å². The van der Waals surface area contributed by atoms with E-state index >= 15 is 0 Å². The molecule has 0 aliphatic carbocycles. The molecule has 0 radical (unpaired) electrons. The molecular formula is C15H16N2O3. The van der Waals surface area contributed by atoms with Crippen LogP contribution in [0.4, 0.5) is 5.69 Å². The van der Waals surface area contributed by atoms with Gasteiger partial charge in [0.05, 0.1) is 18.4 Å². The van der Waals surface area contributed by atoms with Crippen LogP contribution in [0, 0.1) is 13.8 Å². The van der Waals surface area contributed by atoms with E-state index < -0.39 is 5.97 Å². The van der Waals surface area contributed by atoms with Crippen molar-refractivity contribution in [1.82, 2.24) is 4.98 Å². The summed E-state index contributed by atoms with van der Waals surface area (Å²) in [6.45, 7) is 3.63. The molecule has 0 amide bonds. The molecule has 5 nitrogen and oxygen atoms in total. The van der Waals surface area contributed by atoms with Gasteiger partial charge in [-0.15, -0.1) is 0 Å². The molecule has 0 fully saturated rings. The molecule has 1 aromatic heterocycles. The lowest BCUT2D eigenvalue weighted by Gasteiger charge is -2.09. The fourth-order valence-corrected chi connectivity index (χ4v) is 1.75. The van der Waals surface area contributed by atoms with E-state index in [0.29, 0.717) is 28.6 Å². The standard InChI is InChI=1S/C15H16N2O3/c1-9-8-11(4-6-13(9)16)20-14-7-5-12(10(2)17-14)15(18)19-3/h4-8H,16H2,1-3H3. The molecule has 1 heterocycles. The lowest BCUT2D eigenvalue weighted by atomic mass is 10.2. The summed E-state index contributed by atoms with van der Waals surface area (Å²) >= 11 is 0. The highest BCUT2D eigenvalue weighted by atomic mass is 16.5. The number of aryl methyl sites for hydroxylation is 2. The van der Waals surface area contributed by atoms with Gasteiger partial charge in [0.2, 0.25) is 5.88 Å². The van der Waals surface area contributed by atoms with Crippen molar-refractivity contribution in [2.24, 2.45) is 0 Å². The van der Waals surface area contributed by atoms with Gasteiger partial charge in [0.1, 0.15) is 5.75 Å². The minimum atomic E-state index is -0.412. The van der Waals surface area contributed by atoms with E-state index in [1.165, 1.54) is 7.11 Å². The molecule has 104 valence electrons. The highest BCUT2D eigenvalue weighted by Gasteiger charge is 2.11. The third kappa shape index (κ3) is 2.88. The molecule has 20 heavy (non-hydrogen) atoms. The minimum Gasteiger partial charge on any atom is -0.465 e. The lowest BCUT2D eigenvalue weighted by Crippen LogP contribution is -2.05. The van der Waals surface area contributed by atoms with Gasteiger partial charge < -0.3 is 15.2 Å². The Labute approximate surface area is 117 Å². The van der Waals surface area contributed by atoms with Gasteiger partial charge in [-0.05, 0) is 43.7 Å². The molecular weight excluding hydrogens is 256 g/mol. The zero-order valence-electron chi connectivity index (χ0n) is 11.6. The van der Waals surface area contributed by atoms with Crippen molar-refractivity contribution in [3.8, 4) is 11.6 Å². The van der Waals surface area contributed by atoms with Crippen LogP contribution in [-0.2, 0) is 4.74 Å². The van der Waals surface area contributed by atoms with Crippen LogP contribution in [0.2, 0.25) is 0 Å². The number of hydrogen-bond donors (Lipinski definition) is 1. The van der Waals surface area contributed by atoms with Crippen LogP contribution in [0.1, 0.15) is 21.6 Å². The van der Waals surface area contributed by atoms with Crippen molar-refractivity contribution in [1.29, 1.82) is 0 Å². The predicted octanol–water partition coefficient (Wildman–Crippen LogP) is 2.86. The summed E-state index contributed by atoms with van der Waals surface area (Å²) in [6, 6.07) is 8.65. The van der Waals surface area contributed by atoms with Crippen molar-refractivity contribution < 1.29 is 14.3 Å². The Kier molecular flexibility index (Phi) is 3.89. The van der Waals surface area contributed by atoms with E-state index in [0.717, 1.165) is 5.56 Å². The summed E-state index contributed by atoms with van der Waals surface area (Å²) in [7, 11) is 1.34. The maximum atomic E-state index is 11.5. The number of anilines is 1. The zero-order chi connectivity index (χ0) is 14.7. The van der Waals surface area contributed by atoms with Crippen molar-refractivity contribution in [3.63, 3.8) is 0 Å². The van der Waals surface area contributed by atoms with Crippen molar-refractivity contribution in [2.45, 2.75) is 13.8 Å². The molecule has 0 aliphatic heterocycles. The number of aromatic nitrogens is 1. The number of nitrogens with zero attached hydrogens (tertiary/aromatic N) is 1. The Morgan fingerprint density at radius 2 is 1.95 bits per heavy atom. The van der Waals surface area contributed by atoms with Gasteiger partial charge in [-0.3, -0.25) is 0 Å². The number of esters is 1. The summed E-state index contributed by atoms with van der Waals surface area (Å²) < 4.78 is 10.3. The number of benzene rings is 1. The summed E-state index contributed by atoms with van der Waals surface area (Å²) in [6.07, 6.45) is 0. The Bertz CT molecular complexity index is 654. The van der Waals surface area contributed by atoms with E-state index in [4.69, 9.17) is 10.5 Å². The monoisotopic (exact) mass is 272 g/mol. The third-order valence-electron chi connectivity index (χ3n) is 2.93. The number of carbonyl (C=O) groups is 1. The van der Waals surface area contributed by atoms with Gasteiger partial charge in [-0.25, -0.2) is 9.78 Å². The average Bonchev–Trinajstić information content (AvgIpc) is 2.42. The SMILES string of the molecule is COC(=O)c1ccc(Oc2ccc(N)c(C)c2)nc1C. The summed E-state index contributed by atoms with van der Waals surface area (Å²) in [5.74, 6) is 0.652. The zero-order valence-corrected chi connectivity index (χ0v) is 11.6. The quantitative estimate of drug-likeness (QED) is 0.687. The highest BCUT2D eigenvalue weighted by Crippen LogP contribution is 2.24. The fraction of sp³-hybridized carbons (Fsp3) is 0.200. The van der Waals surface area contributed by atoms with Crippen LogP contribution < -0.4 is 10.5 Å². The first-order valence-corrected chi connectivity index (χ1v) is 6.11. The Morgan fingerprint density at radius 1 is 1.20 bits per heavy atom. The number of rotatable bonds is 3. The Morgan fingerprint density at radius 3 is 2.55 bits per heavy atom. The fourth-order valence-electron chi connectivity index (χ4n) is 1.75. The van der Waals surface area contributed by atoms with Crippen LogP contribution >= 0.6 is 0 Å². The molecule has 0 aliphatic rings. The Hall–Kier alpha value is -2.56. The van der Waals surface area contributed by atoms with Crippen molar-refractivity contribution >= 4 is 11.7 Å². The molecule has 1 aromatic carbocycles. The van der Waals surface area contributed by atoms with E-state index in [-0.39, 0.29) is 0 Å². The largest absolute Gasteiger partial charge is 0.465 e. The van der Waals surface area contributed by atoms with Gasteiger partial charge in [-0.1, -0.05) is 0 Å². The molecule has 2 rings (SSSR count). The van der Waals surface area contributed by atoms with Gasteiger partial charge in [0.25, 0.3) is 0 Å². The first-order chi connectivity index (χ1) is 9.51. The number of hydrogen-bond acceptors (Lipinski definition) is 5. The van der Waals surface area contributed by atoms with E-state index in [2.05, 4.69) is 9.72 Å². The van der Waals surface area contributed by atoms with Crippen molar-refractivity contribution in [3.05, 3.63) is 47.2 Å². The van der Waals surface area contributed by atoms with Crippen LogP contribution in [-0.4, -0.2) is 18.1 Å². The topological polar surface area (TPSA) is 74.4 Å². The molecule has 5 heteroatoms. The molecule has 0 bridgehead atoms. The molecule has 0 saturated heterocycles. The normalized spacial score (nSPS) is 10.2. The summed E-state index contributed by atoms with van der Waals surface area (Å²) in [5, 5.41) is 0. The summed E-state index contributed by atoms with van der Waals surface area (Å²) in [4.78, 5) is 15.7. The van der Waals surface area contributed by atoms with Crippen LogP contribution in [0.3, 0.4) is 0 Å². The lowest BCUT2D eigenvalue weighted by molar-refractivity contribution is 0.0599. The highest BCUT2D eigenvalue weighted by molar-refractivity contribution is 5.90. The Balaban J connectivity index is 2.24. The second kappa shape index (κ2) is 5.61. The first kappa shape index (κ1) is 13.9. The minimum absolute atomic E-state index is 0.412. The number of ether oxygens (including phenoxy) is 2. The molecule has 2 N–H and O–H groups in total. The summed E-state index contributed by atoms with van der Waals surface area (Å²) in [5.41, 5.74) is 8.38. The van der Waals surface area contributed by atoms with Gasteiger partial charge in [0, 0.05) is 11.8 Å². The number of nitrogen functional groups attached to an aromatic ring is 1. The van der Waals surface area contributed by atoms with Gasteiger partial charge in [0.15, 0.2) is 0 Å². The molecule has 0 unspecified atom stereocenters. The van der Waals surface area contributed by atoms with Crippen LogP contribution in [0.5, 0.6) is 11.6 Å². The maximum Gasteiger partial charge on any atom is 0.339 e. The molecule has 2 aromatic rings. The predicted molar refractivity (Wildman–Crippen MR) is 76.0 cm³/mol. The smallest absolute Gasteiger partial charge is 0.339 e. The van der Waals surface area contributed by atoms with Gasteiger partial charge in [-0.2, -0.15) is 0 Å². The molecule has 0 atom stereocenters. The third-order valence-corrected chi connectivity index (χ3v) is 2.93. The van der Waals surface area contributed by atoms with Crippen LogP contribution in [0.25, 0.3) is 0 Å². The van der Waals surface area contributed by atoms with E-state index in [1.54, 1.807) is 31.2 Å². The molecule has 0 saturated carbocycles. The molecule has 0 spiro atoms. The number of methoxy groups -OCH3 is 1. The maximum absolute atomic E-state index is 11.5. The number of nitrogens with two attached hydrogens (primary N) is 1. The average molecular weight is 272 g/mol.